The van der Waals surface area contributed by atoms with Crippen molar-refractivity contribution < 1.29 is 51.0 Å². The molecule has 45 heavy (non-hydrogen) atoms. The van der Waals surface area contributed by atoms with Gasteiger partial charge in [0.2, 0.25) is 0 Å². The summed E-state index contributed by atoms with van der Waals surface area (Å²) in [6.45, 7) is 2.18. The number of aromatic nitrogens is 1. The smallest absolute Gasteiger partial charge is 1.00 e. The predicted octanol–water partition coefficient (Wildman–Crippen LogP) is 5.31. The van der Waals surface area contributed by atoms with E-state index in [1.165, 1.54) is 70.6 Å². The molecule has 7 aromatic carbocycles. The van der Waals surface area contributed by atoms with Crippen molar-refractivity contribution in [3.63, 3.8) is 0 Å². The summed E-state index contributed by atoms with van der Waals surface area (Å²) in [5, 5.41) is 6.47. The Morgan fingerprint density at radius 2 is 1.24 bits per heavy atom. The van der Waals surface area contributed by atoms with Crippen LogP contribution in [0.5, 0.6) is 0 Å². The zero-order chi connectivity index (χ0) is 28.0. The molecule has 0 radical (unpaired) electrons. The van der Waals surface area contributed by atoms with E-state index < -0.39 is 0 Å². The van der Waals surface area contributed by atoms with Crippen LogP contribution in [0.1, 0.15) is 5.56 Å². The first kappa shape index (κ1) is 32.9. The van der Waals surface area contributed by atoms with Gasteiger partial charge in [-0.25, -0.2) is 0 Å². The van der Waals surface area contributed by atoms with E-state index in [0.717, 1.165) is 0 Å². The fourth-order valence-electron chi connectivity index (χ4n) is 6.10. The van der Waals surface area contributed by atoms with Crippen LogP contribution in [0.3, 0.4) is 0 Å². The second-order valence-electron chi connectivity index (χ2n) is 10.8. The molecule has 0 aliphatic carbocycles. The maximum absolute atomic E-state index is 2.44. The molecule has 0 bridgehead atoms. The molecular weight excluding hydrogens is 691 g/mol. The number of fused-ring (bicyclic) bond motifs is 5. The molecule has 2 nitrogen and oxygen atoms in total. The number of aryl methyl sites for hydroxylation is 1. The second-order valence-corrected chi connectivity index (χ2v) is 11.9. The molecule has 2 heterocycles. The van der Waals surface area contributed by atoms with Crippen molar-refractivity contribution in [2.45, 2.75) is 16.7 Å². The minimum Gasteiger partial charge on any atom is -1.00 e. The number of para-hydroxylation sites is 3. The van der Waals surface area contributed by atoms with Gasteiger partial charge in [0.1, 0.15) is 0 Å². The Kier molecular flexibility index (Phi) is 10.1. The third kappa shape index (κ3) is 6.05. The van der Waals surface area contributed by atoms with Gasteiger partial charge in [0, 0.05) is 27.4 Å². The maximum atomic E-state index is 2.44. The van der Waals surface area contributed by atoms with Gasteiger partial charge in [0.25, 0.3) is 0 Å². The van der Waals surface area contributed by atoms with E-state index >= 15 is 0 Å². The molecule has 8 aromatic rings. The van der Waals surface area contributed by atoms with E-state index in [1.54, 1.807) is 0 Å². The van der Waals surface area contributed by atoms with Gasteiger partial charge in [-0.3, -0.25) is 0 Å². The van der Waals surface area contributed by atoms with Crippen LogP contribution < -0.4 is 29.7 Å². The van der Waals surface area contributed by atoms with E-state index in [4.69, 9.17) is 0 Å². The topological polar surface area (TPSA) is 8.17 Å². The summed E-state index contributed by atoms with van der Waals surface area (Å²) >= 11 is 1.85. The average molecular weight is 719 g/mol. The van der Waals surface area contributed by atoms with Crippen molar-refractivity contribution in [3.05, 3.63) is 157 Å². The number of rotatable bonds is 2. The first-order chi connectivity index (χ1) is 20.7. The number of nitrogens with zero attached hydrogens (tertiary/aromatic N) is 2. The summed E-state index contributed by atoms with van der Waals surface area (Å²) in [7, 11) is 0. The van der Waals surface area contributed by atoms with Crippen molar-refractivity contribution in [2.24, 2.45) is 0 Å². The fraction of sp³-hybridized carbons (Fsp3) is 0.0256. The zero-order valence-electron chi connectivity index (χ0n) is 24.5. The summed E-state index contributed by atoms with van der Waals surface area (Å²) in [6, 6.07) is 52.1. The molecular formula is C39H28Cl2N2SZr. The number of anilines is 3. The molecule has 1 aliphatic rings. The average Bonchev–Trinajstić information content (AvgIpc) is 3.77. The molecule has 1 aromatic heterocycles. The monoisotopic (exact) mass is 716 g/mol. The summed E-state index contributed by atoms with van der Waals surface area (Å²) < 4.78 is 2.30. The van der Waals surface area contributed by atoms with Crippen molar-refractivity contribution in [1.82, 2.24) is 4.57 Å². The van der Waals surface area contributed by atoms with Gasteiger partial charge in [-0.1, -0.05) is 67.2 Å². The standard InChI is InChI=1S/C30H21N2S.C9H7.2ClH.Zr/c1-20-16-22-18-23(31-15-14-21-8-2-3-9-25(21)31)19-28(24(22)17-20)32-26-10-4-6-12-29(26)33-30-13-7-5-11-27(30)32;1-2-5-9-7-3-6-8(9)4-1;;;/h2-19H,1H3;1-7H;2*1H;/q2*-1;;;+4/p-2. The summed E-state index contributed by atoms with van der Waals surface area (Å²) in [5.41, 5.74) is 7.37. The predicted molar refractivity (Wildman–Crippen MR) is 179 cm³/mol. The van der Waals surface area contributed by atoms with Crippen molar-refractivity contribution in [1.29, 1.82) is 0 Å². The van der Waals surface area contributed by atoms with Crippen LogP contribution in [0.2, 0.25) is 0 Å². The van der Waals surface area contributed by atoms with E-state index in [1.807, 2.05) is 11.8 Å². The van der Waals surface area contributed by atoms with E-state index in [0.29, 0.717) is 0 Å². The second kappa shape index (κ2) is 13.9. The molecule has 0 saturated heterocycles. The van der Waals surface area contributed by atoms with Gasteiger partial charge in [-0.2, -0.15) is 23.6 Å². The molecule has 218 valence electrons. The maximum Gasteiger partial charge on any atom is 4.00 e. The van der Waals surface area contributed by atoms with E-state index in [9.17, 15) is 0 Å². The SMILES string of the molecule is Cc1cc2c(N3c4ccccc4Sc4ccccc43)cc(-n3ccc4ccccc43)cc2[cH-]1.[Cl-].[Cl-].[Zr+4].c1ccc2[cH-]ccc2c1. The third-order valence-corrected chi connectivity index (χ3v) is 9.16. The van der Waals surface area contributed by atoms with Crippen LogP contribution >= 0.6 is 11.8 Å². The van der Waals surface area contributed by atoms with Crippen LogP contribution in [0.15, 0.2) is 162 Å². The molecule has 0 unspecified atom stereocenters. The first-order valence-electron chi connectivity index (χ1n) is 14.3. The minimum atomic E-state index is 0. The Balaban J connectivity index is 0.000000288. The van der Waals surface area contributed by atoms with Gasteiger partial charge >= 0.3 is 26.2 Å². The number of hydrogen-bond acceptors (Lipinski definition) is 2. The van der Waals surface area contributed by atoms with Crippen molar-refractivity contribution in [3.8, 4) is 5.69 Å². The number of benzene rings is 5. The van der Waals surface area contributed by atoms with Gasteiger partial charge in [-0.05, 0) is 47.9 Å². The Morgan fingerprint density at radius 1 is 0.600 bits per heavy atom. The van der Waals surface area contributed by atoms with Crippen molar-refractivity contribution in [2.75, 3.05) is 4.90 Å². The summed E-state index contributed by atoms with van der Waals surface area (Å²) in [5.74, 6) is 0. The number of halogens is 2. The van der Waals surface area contributed by atoms with Gasteiger partial charge in [0.05, 0.1) is 16.9 Å². The Labute approximate surface area is 299 Å². The Bertz CT molecular complexity index is 2150. The van der Waals surface area contributed by atoms with Gasteiger partial charge < -0.3 is 34.3 Å². The van der Waals surface area contributed by atoms with Gasteiger partial charge in [-0.15, -0.1) is 58.1 Å². The number of hydrogen-bond donors (Lipinski definition) is 0. The largest absolute Gasteiger partial charge is 4.00 e. The molecule has 0 fully saturated rings. The van der Waals surface area contributed by atoms with Crippen LogP contribution in [0.25, 0.3) is 38.1 Å². The molecule has 0 saturated carbocycles. The fourth-order valence-corrected chi connectivity index (χ4v) is 7.16. The van der Waals surface area contributed by atoms with Crippen LogP contribution in [0, 0.1) is 6.92 Å². The summed E-state index contributed by atoms with van der Waals surface area (Å²) in [4.78, 5) is 5.01. The van der Waals surface area contributed by atoms with Gasteiger partial charge in [0.15, 0.2) is 0 Å². The molecule has 1 aliphatic heterocycles. The molecule has 0 spiro atoms. The molecule has 0 N–H and O–H groups in total. The van der Waals surface area contributed by atoms with Crippen LogP contribution in [-0.4, -0.2) is 4.57 Å². The van der Waals surface area contributed by atoms with Crippen molar-refractivity contribution >= 4 is 61.3 Å². The first-order valence-corrected chi connectivity index (χ1v) is 15.1. The van der Waals surface area contributed by atoms with E-state index in [-0.39, 0.29) is 51.0 Å². The van der Waals surface area contributed by atoms with E-state index in [2.05, 4.69) is 168 Å². The molecule has 9 rings (SSSR count). The third-order valence-electron chi connectivity index (χ3n) is 8.03. The normalized spacial score (nSPS) is 11.4. The molecule has 0 amide bonds. The molecule has 0 atom stereocenters. The van der Waals surface area contributed by atoms with Crippen LogP contribution in [0.4, 0.5) is 17.1 Å². The minimum absolute atomic E-state index is 0. The molecule has 6 heteroatoms. The quantitative estimate of drug-likeness (QED) is 0.224. The Hall–Kier alpha value is -3.53. The summed E-state index contributed by atoms with van der Waals surface area (Å²) in [6.07, 6.45) is 2.18. The zero-order valence-corrected chi connectivity index (χ0v) is 29.3. The van der Waals surface area contributed by atoms with Crippen LogP contribution in [-0.2, 0) is 26.2 Å². The Morgan fingerprint density at radius 3 is 1.98 bits per heavy atom.